The molecule has 0 saturated heterocycles. The Kier molecular flexibility index (Phi) is 8.19. The van der Waals surface area contributed by atoms with Crippen LogP contribution in [0.5, 0.6) is 5.75 Å². The van der Waals surface area contributed by atoms with Crippen LogP contribution < -0.4 is 10.1 Å². The number of rotatable bonds is 9. The van der Waals surface area contributed by atoms with Gasteiger partial charge in [0.05, 0.1) is 7.11 Å². The van der Waals surface area contributed by atoms with Gasteiger partial charge in [0.1, 0.15) is 5.75 Å². The summed E-state index contributed by atoms with van der Waals surface area (Å²) in [5.41, 5.74) is 2.48. The van der Waals surface area contributed by atoms with Crippen LogP contribution in [0.25, 0.3) is 0 Å². The number of methoxy groups -OCH3 is 1. The molecule has 0 aromatic heterocycles. The van der Waals surface area contributed by atoms with E-state index in [-0.39, 0.29) is 11.8 Å². The third-order valence-electron chi connectivity index (χ3n) is 4.74. The van der Waals surface area contributed by atoms with Crippen molar-refractivity contribution in [1.82, 2.24) is 10.2 Å². The summed E-state index contributed by atoms with van der Waals surface area (Å²) in [7, 11) is 1.63. The first-order chi connectivity index (χ1) is 12.6. The molecule has 1 aromatic rings. The molecule has 0 aliphatic heterocycles. The van der Waals surface area contributed by atoms with E-state index in [4.69, 9.17) is 4.74 Å². The molecule has 5 heteroatoms. The fourth-order valence-corrected chi connectivity index (χ4v) is 3.12. The first-order valence-electron chi connectivity index (χ1n) is 9.41. The third kappa shape index (κ3) is 6.90. The van der Waals surface area contributed by atoms with Crippen LogP contribution in [0.3, 0.4) is 0 Å². The van der Waals surface area contributed by atoms with Crippen LogP contribution in [0, 0.1) is 0 Å². The van der Waals surface area contributed by atoms with Crippen LogP contribution in [-0.4, -0.2) is 36.9 Å². The van der Waals surface area contributed by atoms with Crippen LogP contribution in [0.2, 0.25) is 0 Å². The van der Waals surface area contributed by atoms with Crippen molar-refractivity contribution in [3.05, 3.63) is 41.5 Å². The molecule has 0 unspecified atom stereocenters. The Morgan fingerprint density at radius 3 is 2.58 bits per heavy atom. The summed E-state index contributed by atoms with van der Waals surface area (Å²) >= 11 is 0. The largest absolute Gasteiger partial charge is 0.497 e. The number of amides is 2. The maximum absolute atomic E-state index is 12.1. The van der Waals surface area contributed by atoms with Gasteiger partial charge in [0.2, 0.25) is 11.8 Å². The van der Waals surface area contributed by atoms with Crippen molar-refractivity contribution in [2.24, 2.45) is 0 Å². The lowest BCUT2D eigenvalue weighted by Gasteiger charge is -2.21. The van der Waals surface area contributed by atoms with Gasteiger partial charge < -0.3 is 15.0 Å². The van der Waals surface area contributed by atoms with Crippen molar-refractivity contribution in [1.29, 1.82) is 0 Å². The molecule has 1 N–H and O–H groups in total. The number of benzene rings is 1. The summed E-state index contributed by atoms with van der Waals surface area (Å²) in [5.74, 6) is 0.763. The monoisotopic (exact) mass is 358 g/mol. The standard InChI is InChI=1S/C21H30N2O3/c1-17(24)23(16-19-8-10-20(26-2)11-9-19)15-13-21(25)22-14-12-18-6-4-3-5-7-18/h6,8-11H,3-5,7,12-16H2,1-2H3,(H,22,25). The Morgan fingerprint density at radius 1 is 1.19 bits per heavy atom. The van der Waals surface area contributed by atoms with Gasteiger partial charge in [-0.2, -0.15) is 0 Å². The predicted octanol–water partition coefficient (Wildman–Crippen LogP) is 3.44. The Hall–Kier alpha value is -2.30. The number of nitrogens with zero attached hydrogens (tertiary/aromatic N) is 1. The number of ether oxygens (including phenoxy) is 1. The highest BCUT2D eigenvalue weighted by molar-refractivity contribution is 5.78. The second-order valence-electron chi connectivity index (χ2n) is 6.75. The van der Waals surface area contributed by atoms with Gasteiger partial charge in [0.15, 0.2) is 0 Å². The van der Waals surface area contributed by atoms with E-state index in [1.807, 2.05) is 24.3 Å². The number of nitrogens with one attached hydrogen (secondary N) is 1. The van der Waals surface area contributed by atoms with Crippen LogP contribution in [0.4, 0.5) is 0 Å². The zero-order valence-electron chi connectivity index (χ0n) is 15.9. The van der Waals surface area contributed by atoms with Crippen molar-refractivity contribution < 1.29 is 14.3 Å². The lowest BCUT2D eigenvalue weighted by atomic mass is 9.97. The molecule has 2 amide bonds. The molecule has 2 rings (SSSR count). The van der Waals surface area contributed by atoms with E-state index in [0.717, 1.165) is 24.2 Å². The van der Waals surface area contributed by atoms with Gasteiger partial charge in [-0.3, -0.25) is 9.59 Å². The summed E-state index contributed by atoms with van der Waals surface area (Å²) in [5, 5.41) is 2.97. The van der Waals surface area contributed by atoms with Gasteiger partial charge in [-0.05, 0) is 49.8 Å². The van der Waals surface area contributed by atoms with Crippen LogP contribution in [-0.2, 0) is 16.1 Å². The van der Waals surface area contributed by atoms with E-state index in [1.54, 1.807) is 12.0 Å². The van der Waals surface area contributed by atoms with E-state index in [9.17, 15) is 9.59 Å². The fourth-order valence-electron chi connectivity index (χ4n) is 3.12. The Morgan fingerprint density at radius 2 is 1.96 bits per heavy atom. The van der Waals surface area contributed by atoms with Gasteiger partial charge in [0, 0.05) is 33.0 Å². The van der Waals surface area contributed by atoms with Crippen LogP contribution in [0.15, 0.2) is 35.9 Å². The third-order valence-corrected chi connectivity index (χ3v) is 4.74. The summed E-state index contributed by atoms with van der Waals surface area (Å²) in [4.78, 5) is 25.6. The molecule has 0 heterocycles. The molecule has 142 valence electrons. The quantitative estimate of drug-likeness (QED) is 0.688. The van der Waals surface area contributed by atoms with Crippen molar-refractivity contribution >= 4 is 11.8 Å². The number of hydrogen-bond donors (Lipinski definition) is 1. The molecular formula is C21H30N2O3. The zero-order chi connectivity index (χ0) is 18.8. The zero-order valence-corrected chi connectivity index (χ0v) is 15.9. The topological polar surface area (TPSA) is 58.6 Å². The van der Waals surface area contributed by atoms with Crippen molar-refractivity contribution in [2.75, 3.05) is 20.2 Å². The minimum atomic E-state index is -0.0269. The molecule has 1 aliphatic carbocycles. The fraction of sp³-hybridized carbons (Fsp3) is 0.524. The lowest BCUT2D eigenvalue weighted by molar-refractivity contribution is -0.130. The molecule has 0 radical (unpaired) electrons. The normalized spacial score (nSPS) is 13.7. The average molecular weight is 358 g/mol. The number of carbonyl (C=O) groups is 2. The number of hydrogen-bond acceptors (Lipinski definition) is 3. The van der Waals surface area contributed by atoms with Crippen molar-refractivity contribution in [3.63, 3.8) is 0 Å². The van der Waals surface area contributed by atoms with Gasteiger partial charge in [-0.25, -0.2) is 0 Å². The summed E-state index contributed by atoms with van der Waals surface area (Å²) in [6, 6.07) is 7.63. The number of carbonyl (C=O) groups excluding carboxylic acids is 2. The highest BCUT2D eigenvalue weighted by atomic mass is 16.5. The predicted molar refractivity (Wildman–Crippen MR) is 103 cm³/mol. The molecule has 26 heavy (non-hydrogen) atoms. The van der Waals surface area contributed by atoms with E-state index in [1.165, 1.54) is 31.8 Å². The summed E-state index contributed by atoms with van der Waals surface area (Å²) in [6.07, 6.45) is 8.45. The van der Waals surface area contributed by atoms with Crippen molar-refractivity contribution in [3.8, 4) is 5.75 Å². The number of allylic oxidation sites excluding steroid dienone is 1. The molecule has 0 spiro atoms. The van der Waals surface area contributed by atoms with E-state index in [2.05, 4.69) is 11.4 Å². The molecular weight excluding hydrogens is 328 g/mol. The van der Waals surface area contributed by atoms with E-state index in [0.29, 0.717) is 26.1 Å². The molecule has 1 aromatic carbocycles. The molecule has 5 nitrogen and oxygen atoms in total. The second-order valence-corrected chi connectivity index (χ2v) is 6.75. The maximum Gasteiger partial charge on any atom is 0.221 e. The molecule has 1 aliphatic rings. The minimum Gasteiger partial charge on any atom is -0.497 e. The SMILES string of the molecule is COc1ccc(CN(CCC(=O)NCCC2=CCCCC2)C(C)=O)cc1. The Balaban J connectivity index is 1.73. The molecule has 0 saturated carbocycles. The highest BCUT2D eigenvalue weighted by Gasteiger charge is 2.12. The first-order valence-corrected chi connectivity index (χ1v) is 9.41. The van der Waals surface area contributed by atoms with Crippen LogP contribution in [0.1, 0.15) is 51.0 Å². The lowest BCUT2D eigenvalue weighted by Crippen LogP contribution is -2.33. The van der Waals surface area contributed by atoms with Gasteiger partial charge >= 0.3 is 0 Å². The molecule has 0 fully saturated rings. The van der Waals surface area contributed by atoms with Gasteiger partial charge in [-0.1, -0.05) is 23.8 Å². The molecule has 0 bridgehead atoms. The van der Waals surface area contributed by atoms with Crippen molar-refractivity contribution in [2.45, 2.75) is 52.0 Å². The smallest absolute Gasteiger partial charge is 0.221 e. The summed E-state index contributed by atoms with van der Waals surface area (Å²) < 4.78 is 5.14. The van der Waals surface area contributed by atoms with E-state index >= 15 is 0 Å². The average Bonchev–Trinajstić information content (AvgIpc) is 2.66. The Bertz CT molecular complexity index is 623. The minimum absolute atomic E-state index is 0.00221. The van der Waals surface area contributed by atoms with Gasteiger partial charge in [-0.15, -0.1) is 0 Å². The second kappa shape index (κ2) is 10.6. The summed E-state index contributed by atoms with van der Waals surface area (Å²) in [6.45, 7) is 3.15. The van der Waals surface area contributed by atoms with E-state index < -0.39 is 0 Å². The van der Waals surface area contributed by atoms with Gasteiger partial charge in [0.25, 0.3) is 0 Å². The maximum atomic E-state index is 12.1. The highest BCUT2D eigenvalue weighted by Crippen LogP contribution is 2.19. The van der Waals surface area contributed by atoms with Crippen LogP contribution >= 0.6 is 0 Å². The molecule has 0 atom stereocenters. The Labute approximate surface area is 156 Å². The first kappa shape index (κ1) is 20.0.